The molecule has 0 amide bonds. The van der Waals surface area contributed by atoms with Crippen molar-refractivity contribution >= 4 is 21.4 Å². The van der Waals surface area contributed by atoms with Crippen molar-refractivity contribution in [1.29, 1.82) is 0 Å². The molecule has 0 unspecified atom stereocenters. The van der Waals surface area contributed by atoms with Crippen LogP contribution in [0, 0.1) is 6.92 Å². The van der Waals surface area contributed by atoms with Crippen molar-refractivity contribution in [2.45, 2.75) is 30.4 Å². The van der Waals surface area contributed by atoms with Crippen molar-refractivity contribution in [2.75, 3.05) is 13.2 Å². The maximum absolute atomic E-state index is 13.2. The summed E-state index contributed by atoms with van der Waals surface area (Å²) >= 11 is 0. The van der Waals surface area contributed by atoms with Crippen LogP contribution in [-0.4, -0.2) is 43.1 Å². The average molecular weight is 559 g/mol. The Morgan fingerprint density at radius 1 is 0.700 bits per heavy atom. The number of ether oxygens (including phenoxy) is 2. The highest BCUT2D eigenvalue weighted by molar-refractivity contribution is 7.93. The molecule has 0 saturated carbocycles. The summed E-state index contributed by atoms with van der Waals surface area (Å²) in [7, 11) is -3.92. The van der Waals surface area contributed by atoms with Gasteiger partial charge in [-0.15, -0.1) is 0 Å². The van der Waals surface area contributed by atoms with Gasteiger partial charge in [-0.2, -0.15) is 0 Å². The predicted octanol–water partition coefficient (Wildman–Crippen LogP) is 5.82. The van der Waals surface area contributed by atoms with Gasteiger partial charge in [0.15, 0.2) is 21.4 Å². The summed E-state index contributed by atoms with van der Waals surface area (Å²) in [6.45, 7) is 4.78. The minimum atomic E-state index is -3.92. The smallest absolute Gasteiger partial charge is 0.193 e. The van der Waals surface area contributed by atoms with Gasteiger partial charge in [0.1, 0.15) is 28.6 Å². The second kappa shape index (κ2) is 11.9. The van der Waals surface area contributed by atoms with Gasteiger partial charge in [-0.3, -0.25) is 9.59 Å². The number of aliphatic hydroxyl groups is 1. The molecule has 0 bridgehead atoms. The van der Waals surface area contributed by atoms with Crippen LogP contribution in [0.1, 0.15) is 45.7 Å². The second-order valence-corrected chi connectivity index (χ2v) is 12.2. The fourth-order valence-electron chi connectivity index (χ4n) is 4.00. The van der Waals surface area contributed by atoms with Crippen LogP contribution in [0.5, 0.6) is 17.2 Å². The van der Waals surface area contributed by atoms with Crippen LogP contribution in [0.3, 0.4) is 0 Å². The van der Waals surface area contributed by atoms with Crippen LogP contribution in [0.4, 0.5) is 0 Å². The number of aliphatic hydroxyl groups excluding tert-OH is 1. The van der Waals surface area contributed by atoms with E-state index in [-0.39, 0.29) is 29.5 Å². The molecule has 4 aromatic rings. The zero-order valence-corrected chi connectivity index (χ0v) is 23.3. The van der Waals surface area contributed by atoms with E-state index in [0.29, 0.717) is 28.4 Å². The summed E-state index contributed by atoms with van der Waals surface area (Å²) < 4.78 is 36.0. The molecule has 0 radical (unpaired) electrons. The number of ketones is 2. The van der Waals surface area contributed by atoms with Gasteiger partial charge >= 0.3 is 0 Å². The summed E-state index contributed by atoms with van der Waals surface area (Å²) in [5, 5.41) is 8.84. The molecule has 0 aliphatic rings. The van der Waals surface area contributed by atoms with E-state index in [1.54, 1.807) is 72.8 Å². The second-order valence-electron chi connectivity index (χ2n) is 9.73. The lowest BCUT2D eigenvalue weighted by molar-refractivity contribution is 0.0953. The molecule has 0 atom stereocenters. The van der Waals surface area contributed by atoms with E-state index in [2.05, 4.69) is 0 Å². The van der Waals surface area contributed by atoms with Gasteiger partial charge < -0.3 is 14.6 Å². The highest BCUT2D eigenvalue weighted by Gasteiger charge is 2.43. The molecule has 4 rings (SSSR count). The molecule has 0 saturated heterocycles. The zero-order valence-electron chi connectivity index (χ0n) is 22.5. The number of aryl methyl sites for hydroxylation is 1. The fourth-order valence-corrected chi connectivity index (χ4v) is 5.44. The number of carbonyl (C=O) groups excluding carboxylic acids is 2. The van der Waals surface area contributed by atoms with Crippen molar-refractivity contribution in [3.63, 3.8) is 0 Å². The SMILES string of the molecule is Cc1ccc(S(=O)(=O)C(C)(C)C(=O)c2ccc(Oc3ccc(C(=O)c4ccc(OCCO)cc4)cc3)cc2)cc1. The van der Waals surface area contributed by atoms with E-state index < -0.39 is 20.4 Å². The first-order chi connectivity index (χ1) is 19.0. The van der Waals surface area contributed by atoms with E-state index in [4.69, 9.17) is 14.6 Å². The summed E-state index contributed by atoms with van der Waals surface area (Å²) in [5.41, 5.74) is 2.16. The first-order valence-corrected chi connectivity index (χ1v) is 14.1. The van der Waals surface area contributed by atoms with Gasteiger partial charge in [0.05, 0.1) is 11.5 Å². The highest BCUT2D eigenvalue weighted by atomic mass is 32.2. The lowest BCUT2D eigenvalue weighted by Crippen LogP contribution is -2.40. The molecule has 4 aromatic carbocycles. The Labute approximate surface area is 233 Å². The number of hydrogen-bond donors (Lipinski definition) is 1. The standard InChI is InChI=1S/C32H30O7S/c1-22-4-18-29(19-5-22)40(36,37)32(2,3)31(35)25-10-16-28(17-11-25)39-27-14-8-24(9-15-27)30(34)23-6-12-26(13-7-23)38-21-20-33/h4-19,33H,20-21H2,1-3H3. The maximum Gasteiger partial charge on any atom is 0.193 e. The molecule has 0 aliphatic heterocycles. The molecule has 0 aliphatic carbocycles. The Morgan fingerprint density at radius 2 is 1.15 bits per heavy atom. The Morgan fingerprint density at radius 3 is 1.62 bits per heavy atom. The molecule has 8 heteroatoms. The minimum absolute atomic E-state index is 0.0889. The molecule has 40 heavy (non-hydrogen) atoms. The van der Waals surface area contributed by atoms with E-state index >= 15 is 0 Å². The number of carbonyl (C=O) groups is 2. The molecule has 0 heterocycles. The Kier molecular flexibility index (Phi) is 8.52. The molecule has 206 valence electrons. The van der Waals surface area contributed by atoms with Gasteiger partial charge in [0.2, 0.25) is 0 Å². The van der Waals surface area contributed by atoms with Crippen LogP contribution in [0.2, 0.25) is 0 Å². The monoisotopic (exact) mass is 558 g/mol. The van der Waals surface area contributed by atoms with Crippen LogP contribution in [-0.2, 0) is 9.84 Å². The van der Waals surface area contributed by atoms with Crippen molar-refractivity contribution in [3.05, 3.63) is 119 Å². The first kappa shape index (κ1) is 28.7. The summed E-state index contributed by atoms with van der Waals surface area (Å²) in [4.78, 5) is 26.1. The number of benzene rings is 4. The van der Waals surface area contributed by atoms with Crippen molar-refractivity contribution < 1.29 is 32.6 Å². The largest absolute Gasteiger partial charge is 0.491 e. The predicted molar refractivity (Wildman–Crippen MR) is 152 cm³/mol. The zero-order chi connectivity index (χ0) is 28.9. The topological polar surface area (TPSA) is 107 Å². The molecule has 0 fully saturated rings. The molecular formula is C32H30O7S. The Balaban J connectivity index is 1.42. The van der Waals surface area contributed by atoms with Gasteiger partial charge in [0.25, 0.3) is 0 Å². The lowest BCUT2D eigenvalue weighted by atomic mass is 10.0. The van der Waals surface area contributed by atoms with E-state index in [0.717, 1.165) is 5.56 Å². The third kappa shape index (κ3) is 6.14. The van der Waals surface area contributed by atoms with Crippen molar-refractivity contribution in [2.24, 2.45) is 0 Å². The molecule has 0 spiro atoms. The summed E-state index contributed by atoms with van der Waals surface area (Å²) in [5.74, 6) is 0.833. The summed E-state index contributed by atoms with van der Waals surface area (Å²) in [6.07, 6.45) is 0. The maximum atomic E-state index is 13.2. The molecule has 1 N–H and O–H groups in total. The lowest BCUT2D eigenvalue weighted by Gasteiger charge is -2.23. The van der Waals surface area contributed by atoms with E-state index in [9.17, 15) is 18.0 Å². The fraction of sp³-hybridized carbons (Fsp3) is 0.188. The van der Waals surface area contributed by atoms with Crippen LogP contribution >= 0.6 is 0 Å². The van der Waals surface area contributed by atoms with Crippen molar-refractivity contribution in [1.82, 2.24) is 0 Å². The third-order valence-electron chi connectivity index (χ3n) is 6.50. The quantitative estimate of drug-likeness (QED) is 0.231. The van der Waals surface area contributed by atoms with E-state index in [1.165, 1.54) is 38.1 Å². The first-order valence-electron chi connectivity index (χ1n) is 12.7. The normalized spacial score (nSPS) is 11.6. The number of sulfone groups is 1. The van der Waals surface area contributed by atoms with Gasteiger partial charge in [-0.25, -0.2) is 8.42 Å². The van der Waals surface area contributed by atoms with Gasteiger partial charge in [-0.1, -0.05) is 17.7 Å². The minimum Gasteiger partial charge on any atom is -0.491 e. The van der Waals surface area contributed by atoms with Crippen molar-refractivity contribution in [3.8, 4) is 17.2 Å². The molecule has 0 aromatic heterocycles. The Hall–Kier alpha value is -4.27. The number of Topliss-reactive ketones (excluding diaryl/α,β-unsaturated/α-hetero) is 1. The average Bonchev–Trinajstić information content (AvgIpc) is 2.96. The van der Waals surface area contributed by atoms with Crippen LogP contribution in [0.25, 0.3) is 0 Å². The van der Waals surface area contributed by atoms with Crippen LogP contribution < -0.4 is 9.47 Å². The van der Waals surface area contributed by atoms with Crippen LogP contribution in [0.15, 0.2) is 102 Å². The Bertz CT molecular complexity index is 1590. The summed E-state index contributed by atoms with van der Waals surface area (Å²) in [6, 6.07) is 26.0. The molecule has 7 nitrogen and oxygen atoms in total. The molecular weight excluding hydrogens is 528 g/mol. The van der Waals surface area contributed by atoms with E-state index in [1.807, 2.05) is 6.92 Å². The van der Waals surface area contributed by atoms with Gasteiger partial charge in [-0.05, 0) is 106 Å². The number of rotatable bonds is 11. The van der Waals surface area contributed by atoms with Gasteiger partial charge in [0, 0.05) is 16.7 Å². The third-order valence-corrected chi connectivity index (χ3v) is 8.92. The number of hydrogen-bond acceptors (Lipinski definition) is 7. The highest BCUT2D eigenvalue weighted by Crippen LogP contribution is 2.30.